The predicted molar refractivity (Wildman–Crippen MR) is 69.4 cm³/mol. The minimum absolute atomic E-state index is 0.0269. The van der Waals surface area contributed by atoms with Gasteiger partial charge in [0, 0.05) is 10.6 Å². The van der Waals surface area contributed by atoms with Gasteiger partial charge in [0.05, 0.1) is 5.56 Å². The molecule has 0 heterocycles. The van der Waals surface area contributed by atoms with Gasteiger partial charge in [-0.05, 0) is 29.8 Å². The number of rotatable bonds is 4. The number of hydrogen-bond donors (Lipinski definition) is 1. The van der Waals surface area contributed by atoms with E-state index in [0.29, 0.717) is 11.3 Å². The highest BCUT2D eigenvalue weighted by Gasteiger charge is 2.08. The number of hydrogen-bond acceptors (Lipinski definition) is 2. The molecule has 0 aliphatic heterocycles. The van der Waals surface area contributed by atoms with Crippen LogP contribution >= 0.6 is 11.8 Å². The summed E-state index contributed by atoms with van der Waals surface area (Å²) in [4.78, 5) is 11.7. The minimum Gasteiger partial charge on any atom is -0.478 e. The minimum atomic E-state index is -1.11. The van der Waals surface area contributed by atoms with E-state index in [4.69, 9.17) is 5.11 Å². The van der Waals surface area contributed by atoms with E-state index in [1.807, 2.05) is 30.3 Å². The molecule has 0 aliphatic rings. The van der Waals surface area contributed by atoms with Gasteiger partial charge in [0.15, 0.2) is 0 Å². The average molecular weight is 262 g/mol. The average Bonchev–Trinajstić information content (AvgIpc) is 2.38. The lowest BCUT2D eigenvalue weighted by molar-refractivity contribution is 0.0696. The molecule has 2 aromatic carbocycles. The Balaban J connectivity index is 2.08. The Labute approximate surface area is 108 Å². The molecule has 0 amide bonds. The topological polar surface area (TPSA) is 37.3 Å². The zero-order valence-electron chi connectivity index (χ0n) is 9.47. The molecular weight excluding hydrogens is 251 g/mol. The summed E-state index contributed by atoms with van der Waals surface area (Å²) in [6.45, 7) is 0. The van der Waals surface area contributed by atoms with Crippen molar-refractivity contribution in [2.45, 2.75) is 10.6 Å². The summed E-state index contributed by atoms with van der Waals surface area (Å²) < 4.78 is 13.6. The molecule has 0 saturated heterocycles. The van der Waals surface area contributed by atoms with Gasteiger partial charge in [-0.1, -0.05) is 24.3 Å². The maximum Gasteiger partial charge on any atom is 0.335 e. The van der Waals surface area contributed by atoms with E-state index in [0.717, 1.165) is 11.0 Å². The first-order chi connectivity index (χ1) is 8.66. The summed E-state index contributed by atoms with van der Waals surface area (Å²) in [6, 6.07) is 13.7. The van der Waals surface area contributed by atoms with Crippen molar-refractivity contribution >= 4 is 17.7 Å². The molecule has 2 aromatic rings. The van der Waals surface area contributed by atoms with Gasteiger partial charge in [-0.2, -0.15) is 0 Å². The summed E-state index contributed by atoms with van der Waals surface area (Å²) in [5.74, 6) is -1.11. The Morgan fingerprint density at radius 1 is 1.17 bits per heavy atom. The summed E-state index contributed by atoms with van der Waals surface area (Å²) in [6.07, 6.45) is 0. The van der Waals surface area contributed by atoms with E-state index in [-0.39, 0.29) is 5.56 Å². The van der Waals surface area contributed by atoms with Crippen LogP contribution in [0, 0.1) is 5.82 Å². The van der Waals surface area contributed by atoms with Crippen LogP contribution in [0.2, 0.25) is 0 Å². The molecule has 2 nitrogen and oxygen atoms in total. The van der Waals surface area contributed by atoms with Gasteiger partial charge in [-0.15, -0.1) is 11.8 Å². The van der Waals surface area contributed by atoms with Crippen molar-refractivity contribution in [1.29, 1.82) is 0 Å². The highest BCUT2D eigenvalue weighted by Crippen LogP contribution is 2.24. The van der Waals surface area contributed by atoms with Crippen molar-refractivity contribution in [2.75, 3.05) is 0 Å². The number of thioether (sulfide) groups is 1. The van der Waals surface area contributed by atoms with Crippen LogP contribution in [0.4, 0.5) is 4.39 Å². The van der Waals surface area contributed by atoms with Crippen LogP contribution in [0.5, 0.6) is 0 Å². The van der Waals surface area contributed by atoms with Crippen molar-refractivity contribution in [3.8, 4) is 0 Å². The zero-order valence-corrected chi connectivity index (χ0v) is 10.3. The fraction of sp³-hybridized carbons (Fsp3) is 0.0714. The van der Waals surface area contributed by atoms with Gasteiger partial charge >= 0.3 is 5.97 Å². The molecular formula is C14H11FO2S. The second-order valence-corrected chi connectivity index (χ2v) is 4.76. The van der Waals surface area contributed by atoms with Gasteiger partial charge in [-0.3, -0.25) is 0 Å². The van der Waals surface area contributed by atoms with Gasteiger partial charge < -0.3 is 5.11 Å². The van der Waals surface area contributed by atoms with Crippen LogP contribution in [0.1, 0.15) is 15.9 Å². The summed E-state index contributed by atoms with van der Waals surface area (Å²) in [5.41, 5.74) is 0.481. The van der Waals surface area contributed by atoms with Crippen LogP contribution in [0.15, 0.2) is 53.4 Å². The van der Waals surface area contributed by atoms with E-state index in [1.165, 1.54) is 23.9 Å². The van der Waals surface area contributed by atoms with E-state index < -0.39 is 11.8 Å². The fourth-order valence-electron chi connectivity index (χ4n) is 1.48. The maximum absolute atomic E-state index is 13.6. The molecule has 0 atom stereocenters. The number of benzene rings is 2. The Morgan fingerprint density at radius 3 is 2.50 bits per heavy atom. The first-order valence-corrected chi connectivity index (χ1v) is 6.35. The lowest BCUT2D eigenvalue weighted by atomic mass is 10.1. The molecule has 0 radical (unpaired) electrons. The molecule has 0 bridgehead atoms. The first kappa shape index (κ1) is 12.6. The molecule has 0 fully saturated rings. The number of carboxylic acid groups (broad SMARTS) is 1. The molecule has 0 unspecified atom stereocenters. The summed E-state index contributed by atoms with van der Waals surface area (Å²) >= 11 is 1.51. The standard InChI is InChI=1S/C14H11FO2S/c15-13-8-10(14(16)17)6-7-11(13)9-18-12-4-2-1-3-5-12/h1-8H,9H2,(H,16,17). The van der Waals surface area contributed by atoms with Gasteiger partial charge in [0.1, 0.15) is 5.82 Å². The summed E-state index contributed by atoms with van der Waals surface area (Å²) in [5, 5.41) is 8.74. The Kier molecular flexibility index (Phi) is 3.99. The Bertz CT molecular complexity index is 555. The Hall–Kier alpha value is -1.81. The number of carboxylic acids is 1. The highest BCUT2D eigenvalue weighted by atomic mass is 32.2. The first-order valence-electron chi connectivity index (χ1n) is 5.36. The quantitative estimate of drug-likeness (QED) is 0.851. The molecule has 2 rings (SSSR count). The molecule has 4 heteroatoms. The maximum atomic E-state index is 13.6. The Morgan fingerprint density at radius 2 is 1.89 bits per heavy atom. The van der Waals surface area contributed by atoms with Crippen LogP contribution in [-0.4, -0.2) is 11.1 Å². The zero-order chi connectivity index (χ0) is 13.0. The normalized spacial score (nSPS) is 10.3. The molecule has 0 spiro atoms. The van der Waals surface area contributed by atoms with Gasteiger partial charge in [0.25, 0.3) is 0 Å². The number of carbonyl (C=O) groups is 1. The molecule has 18 heavy (non-hydrogen) atoms. The van der Waals surface area contributed by atoms with Crippen molar-refractivity contribution in [3.63, 3.8) is 0 Å². The molecule has 0 saturated carbocycles. The van der Waals surface area contributed by atoms with Crippen LogP contribution in [0.3, 0.4) is 0 Å². The predicted octanol–water partition coefficient (Wildman–Crippen LogP) is 3.82. The smallest absolute Gasteiger partial charge is 0.335 e. The fourth-order valence-corrected chi connectivity index (χ4v) is 2.38. The molecule has 0 aromatic heterocycles. The molecule has 0 aliphatic carbocycles. The summed E-state index contributed by atoms with van der Waals surface area (Å²) in [7, 11) is 0. The second kappa shape index (κ2) is 5.69. The van der Waals surface area contributed by atoms with Gasteiger partial charge in [0.2, 0.25) is 0 Å². The van der Waals surface area contributed by atoms with Crippen LogP contribution in [-0.2, 0) is 5.75 Å². The van der Waals surface area contributed by atoms with Crippen molar-refractivity contribution in [3.05, 3.63) is 65.5 Å². The number of halogens is 1. The van der Waals surface area contributed by atoms with Crippen LogP contribution in [0.25, 0.3) is 0 Å². The lowest BCUT2D eigenvalue weighted by Crippen LogP contribution is -1.98. The SMILES string of the molecule is O=C(O)c1ccc(CSc2ccccc2)c(F)c1. The highest BCUT2D eigenvalue weighted by molar-refractivity contribution is 7.98. The molecule has 1 N–H and O–H groups in total. The van der Waals surface area contributed by atoms with Gasteiger partial charge in [-0.25, -0.2) is 9.18 Å². The van der Waals surface area contributed by atoms with Crippen LogP contribution < -0.4 is 0 Å². The monoisotopic (exact) mass is 262 g/mol. The third-order valence-electron chi connectivity index (χ3n) is 2.44. The second-order valence-electron chi connectivity index (χ2n) is 3.71. The van der Waals surface area contributed by atoms with Crippen molar-refractivity contribution in [2.24, 2.45) is 0 Å². The lowest BCUT2D eigenvalue weighted by Gasteiger charge is -2.04. The third-order valence-corrected chi connectivity index (χ3v) is 3.50. The van der Waals surface area contributed by atoms with E-state index in [1.54, 1.807) is 0 Å². The van der Waals surface area contributed by atoms with E-state index in [9.17, 15) is 9.18 Å². The van der Waals surface area contributed by atoms with Crippen molar-refractivity contribution < 1.29 is 14.3 Å². The largest absolute Gasteiger partial charge is 0.478 e. The third kappa shape index (κ3) is 3.11. The van der Waals surface area contributed by atoms with E-state index in [2.05, 4.69) is 0 Å². The molecule has 92 valence electrons. The van der Waals surface area contributed by atoms with Crippen molar-refractivity contribution in [1.82, 2.24) is 0 Å². The number of aromatic carboxylic acids is 1. The van der Waals surface area contributed by atoms with E-state index >= 15 is 0 Å².